The van der Waals surface area contributed by atoms with Gasteiger partial charge in [0, 0.05) is 42.2 Å². The van der Waals surface area contributed by atoms with E-state index < -0.39 is 0 Å². The summed E-state index contributed by atoms with van der Waals surface area (Å²) in [5.74, 6) is 3.50. The second-order valence-electron chi connectivity index (χ2n) is 9.24. The lowest BCUT2D eigenvalue weighted by Gasteiger charge is -2.40. The Kier molecular flexibility index (Phi) is 4.37. The Bertz CT molecular complexity index is 1030. The maximum atomic E-state index is 4.81. The number of anilines is 2. The lowest BCUT2D eigenvalue weighted by molar-refractivity contribution is 0.423. The van der Waals surface area contributed by atoms with Gasteiger partial charge in [0.05, 0.1) is 0 Å². The van der Waals surface area contributed by atoms with Crippen molar-refractivity contribution < 1.29 is 0 Å². The largest absolute Gasteiger partial charge is 0.369 e. The first-order chi connectivity index (χ1) is 14.0. The number of hydrogen-bond acceptors (Lipinski definition) is 7. The van der Waals surface area contributed by atoms with Crippen molar-refractivity contribution in [3.05, 3.63) is 35.5 Å². The standard InChI is InChI=1S/C21H28N8/c1-21(2,3)20-26-25-17-8-9-18(27-29(17)20)28-11-14(12-28)10-22-19-15-6-4-5-7-16(15)23-13-24-19/h8-9,13-14H,4-7,10-12H2,1-3H3,(H,22,23,24). The molecule has 8 nitrogen and oxygen atoms in total. The maximum absolute atomic E-state index is 4.81. The van der Waals surface area contributed by atoms with Gasteiger partial charge in [-0.3, -0.25) is 0 Å². The molecule has 1 aliphatic carbocycles. The van der Waals surface area contributed by atoms with E-state index in [1.54, 1.807) is 6.33 Å². The zero-order valence-corrected chi connectivity index (χ0v) is 17.4. The highest BCUT2D eigenvalue weighted by Gasteiger charge is 2.29. The molecule has 1 saturated heterocycles. The molecule has 3 aromatic rings. The molecule has 2 aliphatic rings. The van der Waals surface area contributed by atoms with Crippen molar-refractivity contribution in [2.75, 3.05) is 29.9 Å². The van der Waals surface area contributed by atoms with Gasteiger partial charge >= 0.3 is 0 Å². The summed E-state index contributed by atoms with van der Waals surface area (Å²) in [6, 6.07) is 4.05. The Morgan fingerprint density at radius 3 is 2.72 bits per heavy atom. The van der Waals surface area contributed by atoms with Crippen molar-refractivity contribution in [1.29, 1.82) is 0 Å². The first-order valence-corrected chi connectivity index (χ1v) is 10.5. The Morgan fingerprint density at radius 2 is 1.90 bits per heavy atom. The molecular weight excluding hydrogens is 364 g/mol. The van der Waals surface area contributed by atoms with Gasteiger partial charge in [0.2, 0.25) is 0 Å². The summed E-state index contributed by atoms with van der Waals surface area (Å²) >= 11 is 0. The third-order valence-corrected chi connectivity index (χ3v) is 5.88. The molecule has 152 valence electrons. The van der Waals surface area contributed by atoms with Crippen molar-refractivity contribution >= 4 is 17.3 Å². The fourth-order valence-corrected chi connectivity index (χ4v) is 4.22. The molecule has 0 radical (unpaired) electrons. The highest BCUT2D eigenvalue weighted by atomic mass is 15.4. The van der Waals surface area contributed by atoms with Gasteiger partial charge in [0.1, 0.15) is 18.0 Å². The van der Waals surface area contributed by atoms with E-state index >= 15 is 0 Å². The zero-order valence-electron chi connectivity index (χ0n) is 17.4. The van der Waals surface area contributed by atoms with Crippen LogP contribution in [0.25, 0.3) is 5.65 Å². The minimum absolute atomic E-state index is 0.0941. The van der Waals surface area contributed by atoms with Gasteiger partial charge in [-0.1, -0.05) is 20.8 Å². The van der Waals surface area contributed by atoms with Gasteiger partial charge in [0.25, 0.3) is 0 Å². The molecule has 1 aliphatic heterocycles. The summed E-state index contributed by atoms with van der Waals surface area (Å²) in [6.45, 7) is 9.32. The smallest absolute Gasteiger partial charge is 0.178 e. The summed E-state index contributed by atoms with van der Waals surface area (Å²) in [5.41, 5.74) is 3.25. The number of nitrogens with one attached hydrogen (secondary N) is 1. The second kappa shape index (κ2) is 6.93. The first kappa shape index (κ1) is 18.3. The predicted octanol–water partition coefficient (Wildman–Crippen LogP) is 2.64. The maximum Gasteiger partial charge on any atom is 0.178 e. The van der Waals surface area contributed by atoms with Crippen LogP contribution in [-0.4, -0.2) is 49.4 Å². The van der Waals surface area contributed by atoms with E-state index in [1.807, 2.05) is 16.6 Å². The van der Waals surface area contributed by atoms with Crippen molar-refractivity contribution in [2.24, 2.45) is 5.92 Å². The summed E-state index contributed by atoms with van der Waals surface area (Å²) in [6.07, 6.45) is 6.35. The van der Waals surface area contributed by atoms with Crippen LogP contribution in [0.2, 0.25) is 0 Å². The van der Waals surface area contributed by atoms with E-state index in [0.717, 1.165) is 55.6 Å². The van der Waals surface area contributed by atoms with Crippen molar-refractivity contribution in [3.63, 3.8) is 0 Å². The van der Waals surface area contributed by atoms with Gasteiger partial charge in [-0.15, -0.1) is 15.3 Å². The van der Waals surface area contributed by atoms with Gasteiger partial charge in [-0.25, -0.2) is 9.97 Å². The van der Waals surface area contributed by atoms with Crippen LogP contribution in [-0.2, 0) is 18.3 Å². The lowest BCUT2D eigenvalue weighted by Crippen LogP contribution is -2.50. The van der Waals surface area contributed by atoms with Crippen LogP contribution in [0.5, 0.6) is 0 Å². The lowest BCUT2D eigenvalue weighted by atomic mass is 9.96. The first-order valence-electron chi connectivity index (χ1n) is 10.5. The quantitative estimate of drug-likeness (QED) is 0.731. The van der Waals surface area contributed by atoms with Crippen LogP contribution in [0.1, 0.15) is 50.7 Å². The normalized spacial score (nSPS) is 17.3. The van der Waals surface area contributed by atoms with Crippen LogP contribution in [0.3, 0.4) is 0 Å². The summed E-state index contributed by atoms with van der Waals surface area (Å²) in [4.78, 5) is 11.3. The van der Waals surface area contributed by atoms with Crippen LogP contribution in [0.4, 0.5) is 11.6 Å². The predicted molar refractivity (Wildman–Crippen MR) is 112 cm³/mol. The van der Waals surface area contributed by atoms with Gasteiger partial charge in [-0.2, -0.15) is 4.52 Å². The molecule has 29 heavy (non-hydrogen) atoms. The van der Waals surface area contributed by atoms with Crippen molar-refractivity contribution in [1.82, 2.24) is 29.8 Å². The summed E-state index contributed by atoms with van der Waals surface area (Å²) in [7, 11) is 0. The van der Waals surface area contributed by atoms with Crippen LogP contribution in [0, 0.1) is 5.92 Å². The van der Waals surface area contributed by atoms with Crippen LogP contribution < -0.4 is 10.2 Å². The number of nitrogens with zero attached hydrogens (tertiary/aromatic N) is 7. The van der Waals surface area contributed by atoms with Gasteiger partial charge < -0.3 is 10.2 Å². The van der Waals surface area contributed by atoms with E-state index in [1.165, 1.54) is 24.1 Å². The molecule has 0 bridgehead atoms. The average molecular weight is 393 g/mol. The molecule has 0 saturated carbocycles. The van der Waals surface area contributed by atoms with Crippen molar-refractivity contribution in [2.45, 2.75) is 51.9 Å². The van der Waals surface area contributed by atoms with E-state index in [9.17, 15) is 0 Å². The number of hydrogen-bond donors (Lipinski definition) is 1. The fourth-order valence-electron chi connectivity index (χ4n) is 4.22. The van der Waals surface area contributed by atoms with E-state index in [4.69, 9.17) is 5.10 Å². The molecule has 1 fully saturated rings. The molecule has 0 spiro atoms. The number of fused-ring (bicyclic) bond motifs is 2. The topological polar surface area (TPSA) is 84.1 Å². The van der Waals surface area contributed by atoms with Gasteiger partial charge in [-0.05, 0) is 37.8 Å². The Hall–Kier alpha value is -2.77. The summed E-state index contributed by atoms with van der Waals surface area (Å²) < 4.78 is 1.88. The Balaban J connectivity index is 1.24. The minimum Gasteiger partial charge on any atom is -0.369 e. The number of aryl methyl sites for hydroxylation is 1. The Labute approximate surface area is 170 Å². The molecule has 0 unspecified atom stereocenters. The van der Waals surface area contributed by atoms with Gasteiger partial charge in [0.15, 0.2) is 11.5 Å². The molecule has 0 atom stereocenters. The Morgan fingerprint density at radius 1 is 1.07 bits per heavy atom. The molecule has 0 amide bonds. The molecule has 3 aromatic heterocycles. The van der Waals surface area contributed by atoms with E-state index in [0.29, 0.717) is 5.92 Å². The SMILES string of the molecule is CC(C)(C)c1nnc2ccc(N3CC(CNc4ncnc5c4CCCC5)C3)nn12. The van der Waals surface area contributed by atoms with Crippen molar-refractivity contribution in [3.8, 4) is 0 Å². The third-order valence-electron chi connectivity index (χ3n) is 5.88. The minimum atomic E-state index is -0.0941. The fraction of sp³-hybridized carbons (Fsp3) is 0.571. The molecular formula is C21H28N8. The third kappa shape index (κ3) is 3.41. The second-order valence-corrected chi connectivity index (χ2v) is 9.24. The average Bonchev–Trinajstić information content (AvgIpc) is 3.10. The zero-order chi connectivity index (χ0) is 20.0. The molecule has 8 heteroatoms. The number of rotatable bonds is 4. The highest BCUT2D eigenvalue weighted by molar-refractivity contribution is 5.49. The van der Waals surface area contributed by atoms with E-state index in [2.05, 4.69) is 51.2 Å². The molecule has 4 heterocycles. The van der Waals surface area contributed by atoms with Crippen LogP contribution >= 0.6 is 0 Å². The molecule has 5 rings (SSSR count). The van der Waals surface area contributed by atoms with E-state index in [-0.39, 0.29) is 5.41 Å². The highest BCUT2D eigenvalue weighted by Crippen LogP contribution is 2.27. The summed E-state index contributed by atoms with van der Waals surface area (Å²) in [5, 5.41) is 17.0. The molecule has 1 N–H and O–H groups in total. The number of aromatic nitrogens is 6. The monoisotopic (exact) mass is 392 g/mol. The van der Waals surface area contributed by atoms with Crippen LogP contribution in [0.15, 0.2) is 18.5 Å². The molecule has 0 aromatic carbocycles.